The lowest BCUT2D eigenvalue weighted by molar-refractivity contribution is 0.0871. The molecule has 174 valence electrons. The first kappa shape index (κ1) is 22.8. The summed E-state index contributed by atoms with van der Waals surface area (Å²) < 4.78 is 12.5. The lowest BCUT2D eigenvalue weighted by atomic mass is 10.1. The van der Waals surface area contributed by atoms with Crippen LogP contribution in [0.25, 0.3) is 5.69 Å². The van der Waals surface area contributed by atoms with Crippen LogP contribution in [0.2, 0.25) is 0 Å². The number of allylic oxidation sites excluding steroid dienone is 1. The Bertz CT molecular complexity index is 1330. The van der Waals surface area contributed by atoms with Crippen molar-refractivity contribution >= 4 is 23.2 Å². The molecule has 1 aliphatic rings. The Morgan fingerprint density at radius 2 is 1.94 bits per heavy atom. The van der Waals surface area contributed by atoms with E-state index in [0.29, 0.717) is 35.1 Å². The molecule has 1 saturated heterocycles. The first-order valence-electron chi connectivity index (χ1n) is 10.6. The van der Waals surface area contributed by atoms with Gasteiger partial charge in [-0.15, -0.1) is 0 Å². The number of benzene rings is 2. The second-order valence-corrected chi connectivity index (χ2v) is 8.23. The maximum atomic E-state index is 12.7. The minimum Gasteiger partial charge on any atom is -0.494 e. The summed E-state index contributed by atoms with van der Waals surface area (Å²) in [5, 5.41) is 4.51. The number of rotatable bonds is 6. The molecular weight excluding hydrogens is 434 g/mol. The standard InChI is InChI=1S/C25H25N5O4/c1-25(2)16-29(24(32)34-25)18-9-10-20(22(15-18)33-3)30-14-12-21(31)23(28-30)19(11-13-26)27-17-7-5-4-6-8-17/h4-15H,16,26H2,1-3H3. The lowest BCUT2D eigenvalue weighted by Crippen LogP contribution is -2.28. The van der Waals surface area contributed by atoms with E-state index < -0.39 is 11.7 Å². The lowest BCUT2D eigenvalue weighted by Gasteiger charge is -2.18. The normalized spacial score (nSPS) is 15.6. The molecule has 2 N–H and O–H groups in total. The van der Waals surface area contributed by atoms with Crippen LogP contribution in [0.5, 0.6) is 5.75 Å². The van der Waals surface area contributed by atoms with Crippen LogP contribution in [-0.2, 0) is 4.74 Å². The molecule has 9 heteroatoms. The van der Waals surface area contributed by atoms with Crippen molar-refractivity contribution in [1.82, 2.24) is 9.78 Å². The number of aliphatic imine (C=N–C) groups is 1. The van der Waals surface area contributed by atoms with E-state index in [2.05, 4.69) is 10.1 Å². The molecular formula is C25H25N5O4. The van der Waals surface area contributed by atoms with Gasteiger partial charge in [0.1, 0.15) is 17.0 Å². The highest BCUT2D eigenvalue weighted by atomic mass is 16.6. The molecule has 0 unspecified atom stereocenters. The number of hydrogen-bond donors (Lipinski definition) is 1. The van der Waals surface area contributed by atoms with Gasteiger partial charge in [0.15, 0.2) is 5.69 Å². The van der Waals surface area contributed by atoms with Gasteiger partial charge < -0.3 is 15.2 Å². The van der Waals surface area contributed by atoms with E-state index in [4.69, 9.17) is 15.2 Å². The Balaban J connectivity index is 1.76. The number of cyclic esters (lactones) is 1. The minimum atomic E-state index is -0.580. The predicted octanol–water partition coefficient (Wildman–Crippen LogP) is 3.57. The molecule has 1 aromatic heterocycles. The Morgan fingerprint density at radius 1 is 1.18 bits per heavy atom. The second-order valence-electron chi connectivity index (χ2n) is 8.23. The van der Waals surface area contributed by atoms with Crippen molar-refractivity contribution in [2.75, 3.05) is 18.6 Å². The van der Waals surface area contributed by atoms with Gasteiger partial charge in [0.05, 0.1) is 30.7 Å². The molecule has 0 atom stereocenters. The average Bonchev–Trinajstić information content (AvgIpc) is 3.11. The van der Waals surface area contributed by atoms with Gasteiger partial charge in [0.2, 0.25) is 5.43 Å². The van der Waals surface area contributed by atoms with E-state index in [1.165, 1.54) is 30.1 Å². The molecule has 34 heavy (non-hydrogen) atoms. The van der Waals surface area contributed by atoms with E-state index in [0.717, 1.165) is 0 Å². The van der Waals surface area contributed by atoms with Gasteiger partial charge in [-0.25, -0.2) is 14.5 Å². The maximum absolute atomic E-state index is 12.7. The van der Waals surface area contributed by atoms with Crippen LogP contribution in [0.15, 0.2) is 82.9 Å². The molecule has 1 amide bonds. The number of carbonyl (C=O) groups excluding carboxylic acids is 1. The Hall–Kier alpha value is -4.40. The van der Waals surface area contributed by atoms with Crippen LogP contribution < -0.4 is 20.8 Å². The molecule has 3 aromatic rings. The number of methoxy groups -OCH3 is 1. The largest absolute Gasteiger partial charge is 0.494 e. The summed E-state index contributed by atoms with van der Waals surface area (Å²) in [6.45, 7) is 4.12. The Kier molecular flexibility index (Phi) is 6.18. The highest BCUT2D eigenvalue weighted by Crippen LogP contribution is 2.32. The maximum Gasteiger partial charge on any atom is 0.415 e. The highest BCUT2D eigenvalue weighted by molar-refractivity contribution is 6.08. The smallest absolute Gasteiger partial charge is 0.415 e. The summed E-state index contributed by atoms with van der Waals surface area (Å²) in [6.07, 6.45) is 3.97. The van der Waals surface area contributed by atoms with E-state index in [9.17, 15) is 9.59 Å². The molecule has 0 saturated carbocycles. The fraction of sp³-hybridized carbons (Fsp3) is 0.200. The molecule has 0 radical (unpaired) electrons. The van der Waals surface area contributed by atoms with Crippen molar-refractivity contribution < 1.29 is 14.3 Å². The van der Waals surface area contributed by atoms with Gasteiger partial charge in [-0.3, -0.25) is 9.69 Å². The van der Waals surface area contributed by atoms with Crippen LogP contribution in [0, 0.1) is 0 Å². The number of amides is 1. The van der Waals surface area contributed by atoms with Crippen molar-refractivity contribution in [2.45, 2.75) is 19.4 Å². The highest BCUT2D eigenvalue weighted by Gasteiger charge is 2.38. The number of ether oxygens (including phenoxy) is 2. The third-order valence-electron chi connectivity index (χ3n) is 5.16. The number of para-hydroxylation sites is 1. The number of carbonyl (C=O) groups is 1. The molecule has 0 aliphatic carbocycles. The Morgan fingerprint density at radius 3 is 2.59 bits per heavy atom. The zero-order chi connectivity index (χ0) is 24.3. The molecule has 1 fully saturated rings. The van der Waals surface area contributed by atoms with E-state index >= 15 is 0 Å². The second kappa shape index (κ2) is 9.22. The van der Waals surface area contributed by atoms with Crippen LogP contribution in [0.3, 0.4) is 0 Å². The number of nitrogens with zero attached hydrogens (tertiary/aromatic N) is 4. The fourth-order valence-corrected chi connectivity index (χ4v) is 3.61. The van der Waals surface area contributed by atoms with Crippen molar-refractivity contribution in [1.29, 1.82) is 0 Å². The van der Waals surface area contributed by atoms with Crippen LogP contribution in [0.4, 0.5) is 16.2 Å². The summed E-state index contributed by atoms with van der Waals surface area (Å²) in [5.41, 5.74) is 7.06. The van der Waals surface area contributed by atoms with Crippen molar-refractivity contribution in [3.63, 3.8) is 0 Å². The van der Waals surface area contributed by atoms with Crippen molar-refractivity contribution in [3.8, 4) is 11.4 Å². The first-order chi connectivity index (χ1) is 16.3. The Labute approximate surface area is 196 Å². The van der Waals surface area contributed by atoms with Crippen molar-refractivity contribution in [2.24, 2.45) is 10.7 Å². The van der Waals surface area contributed by atoms with E-state index in [1.54, 1.807) is 29.3 Å². The molecule has 1 aliphatic heterocycles. The third-order valence-corrected chi connectivity index (χ3v) is 5.16. The van der Waals surface area contributed by atoms with Crippen molar-refractivity contribution in [3.05, 3.63) is 89.0 Å². The topological polar surface area (TPSA) is 112 Å². The third kappa shape index (κ3) is 4.68. The monoisotopic (exact) mass is 459 g/mol. The van der Waals surface area contributed by atoms with Gasteiger partial charge in [-0.05, 0) is 50.4 Å². The van der Waals surface area contributed by atoms with Crippen LogP contribution >= 0.6 is 0 Å². The van der Waals surface area contributed by atoms with Gasteiger partial charge in [0, 0.05) is 18.3 Å². The number of anilines is 1. The summed E-state index contributed by atoms with van der Waals surface area (Å²) in [4.78, 5) is 31.0. The van der Waals surface area contributed by atoms with Crippen LogP contribution in [-0.4, -0.2) is 40.8 Å². The van der Waals surface area contributed by atoms with Gasteiger partial charge in [0.25, 0.3) is 0 Å². The molecule has 2 heterocycles. The average molecular weight is 460 g/mol. The number of nitrogens with two attached hydrogens (primary N) is 1. The van der Waals surface area contributed by atoms with Gasteiger partial charge in [-0.2, -0.15) is 5.10 Å². The zero-order valence-electron chi connectivity index (χ0n) is 19.1. The molecule has 4 rings (SSSR count). The summed E-state index contributed by atoms with van der Waals surface area (Å²) in [5.74, 6) is 0.466. The van der Waals surface area contributed by atoms with E-state index in [-0.39, 0.29) is 11.1 Å². The molecule has 0 bridgehead atoms. The molecule has 9 nitrogen and oxygen atoms in total. The van der Waals surface area contributed by atoms with Gasteiger partial charge >= 0.3 is 6.09 Å². The minimum absolute atomic E-state index is 0.129. The fourth-order valence-electron chi connectivity index (χ4n) is 3.61. The van der Waals surface area contributed by atoms with Crippen LogP contribution in [0.1, 0.15) is 19.5 Å². The SMILES string of the molecule is COc1cc(N2CC(C)(C)OC2=O)ccc1-n1ccc(=O)c(C(C=CN)=Nc2ccccc2)n1. The molecule has 2 aromatic carbocycles. The zero-order valence-corrected chi connectivity index (χ0v) is 19.1. The summed E-state index contributed by atoms with van der Waals surface area (Å²) >= 11 is 0. The molecule has 0 spiro atoms. The van der Waals surface area contributed by atoms with Gasteiger partial charge in [-0.1, -0.05) is 18.2 Å². The first-order valence-corrected chi connectivity index (χ1v) is 10.6. The summed E-state index contributed by atoms with van der Waals surface area (Å²) in [6, 6.07) is 15.9. The number of hydrogen-bond acceptors (Lipinski definition) is 7. The number of aromatic nitrogens is 2. The van der Waals surface area contributed by atoms with E-state index in [1.807, 2.05) is 44.2 Å². The quantitative estimate of drug-likeness (QED) is 0.564. The predicted molar refractivity (Wildman–Crippen MR) is 130 cm³/mol. The summed E-state index contributed by atoms with van der Waals surface area (Å²) in [7, 11) is 1.53.